The molecular formula is C40H32O4P2. The Kier molecular flexibility index (Phi) is 9.79. The van der Waals surface area contributed by atoms with Crippen LogP contribution in [-0.4, -0.2) is 22.2 Å². The van der Waals surface area contributed by atoms with E-state index in [0.717, 1.165) is 43.0 Å². The third kappa shape index (κ3) is 6.85. The molecule has 0 amide bonds. The molecule has 0 radical (unpaired) electrons. The first-order chi connectivity index (χ1) is 22.5. The van der Waals surface area contributed by atoms with Crippen molar-refractivity contribution in [3.8, 4) is 11.1 Å². The highest BCUT2D eigenvalue weighted by Gasteiger charge is 2.29. The zero-order valence-electron chi connectivity index (χ0n) is 25.0. The molecule has 0 aliphatic rings. The lowest BCUT2D eigenvalue weighted by Crippen LogP contribution is -2.28. The number of rotatable bonds is 11. The summed E-state index contributed by atoms with van der Waals surface area (Å²) in [5.74, 6) is -1.87. The molecule has 6 rings (SSSR count). The molecule has 0 saturated heterocycles. The number of hydrogen-bond acceptors (Lipinski definition) is 2. The molecule has 0 heterocycles. The second-order valence-electron chi connectivity index (χ2n) is 10.8. The zero-order chi connectivity index (χ0) is 31.9. The molecule has 6 aromatic rings. The summed E-state index contributed by atoms with van der Waals surface area (Å²) in [6, 6.07) is 53.0. The van der Waals surface area contributed by atoms with Crippen molar-refractivity contribution in [3.63, 3.8) is 0 Å². The maximum absolute atomic E-state index is 12.4. The standard InChI is InChI=1S/C40H32O4P2/c41-37(42)27-29-15-13-25-35(45(31-17-5-1-6-18-31)32-19-7-2-8-20-32)39(29)40-30(28-38(43)44)16-14-26-36(40)46(33-21-9-3-10-22-33)34-23-11-4-12-24-34/h1-26H,27-28H2,(H,41,42)(H,43,44). The van der Waals surface area contributed by atoms with Gasteiger partial charge in [-0.15, -0.1) is 0 Å². The number of carboxylic acid groups (broad SMARTS) is 2. The first-order valence-corrected chi connectivity index (χ1v) is 17.7. The number of carboxylic acids is 2. The van der Waals surface area contributed by atoms with Crippen LogP contribution >= 0.6 is 15.8 Å². The van der Waals surface area contributed by atoms with Gasteiger partial charge in [-0.2, -0.15) is 0 Å². The highest BCUT2D eigenvalue weighted by atomic mass is 31.1. The van der Waals surface area contributed by atoms with Crippen molar-refractivity contribution in [1.82, 2.24) is 0 Å². The Labute approximate surface area is 271 Å². The molecule has 0 aliphatic heterocycles. The van der Waals surface area contributed by atoms with E-state index in [1.165, 1.54) is 0 Å². The third-order valence-electron chi connectivity index (χ3n) is 7.73. The molecular weight excluding hydrogens is 606 g/mol. The Hall–Kier alpha value is -4.88. The average molecular weight is 639 g/mol. The molecule has 6 heteroatoms. The van der Waals surface area contributed by atoms with Gasteiger partial charge in [0.05, 0.1) is 12.8 Å². The fourth-order valence-electron chi connectivity index (χ4n) is 5.91. The quantitative estimate of drug-likeness (QED) is 0.168. The Bertz CT molecular complexity index is 1720. The highest BCUT2D eigenvalue weighted by Crippen LogP contribution is 2.43. The van der Waals surface area contributed by atoms with Crippen molar-refractivity contribution < 1.29 is 19.8 Å². The van der Waals surface area contributed by atoms with Gasteiger partial charge in [0.1, 0.15) is 0 Å². The van der Waals surface area contributed by atoms with E-state index in [9.17, 15) is 19.8 Å². The molecule has 0 fully saturated rings. The first kappa shape index (κ1) is 31.1. The van der Waals surface area contributed by atoms with Crippen molar-refractivity contribution in [1.29, 1.82) is 0 Å². The van der Waals surface area contributed by atoms with Crippen LogP contribution in [0.3, 0.4) is 0 Å². The van der Waals surface area contributed by atoms with E-state index in [2.05, 4.69) is 60.7 Å². The summed E-state index contributed by atoms with van der Waals surface area (Å²) < 4.78 is 0. The van der Waals surface area contributed by atoms with Crippen LogP contribution in [0.1, 0.15) is 11.1 Å². The van der Waals surface area contributed by atoms with Gasteiger partial charge in [0, 0.05) is 0 Å². The van der Waals surface area contributed by atoms with Crippen LogP contribution in [0.25, 0.3) is 11.1 Å². The summed E-state index contributed by atoms with van der Waals surface area (Å²) in [6.45, 7) is 0. The van der Waals surface area contributed by atoms with Gasteiger partial charge in [-0.3, -0.25) is 9.59 Å². The molecule has 0 saturated carbocycles. The van der Waals surface area contributed by atoms with Gasteiger partial charge < -0.3 is 10.2 Å². The van der Waals surface area contributed by atoms with Crippen molar-refractivity contribution in [2.45, 2.75) is 12.8 Å². The normalized spacial score (nSPS) is 11.1. The van der Waals surface area contributed by atoms with Gasteiger partial charge in [0.25, 0.3) is 0 Å². The van der Waals surface area contributed by atoms with E-state index in [1.54, 1.807) is 0 Å². The van der Waals surface area contributed by atoms with Crippen molar-refractivity contribution in [3.05, 3.63) is 169 Å². The average Bonchev–Trinajstić information content (AvgIpc) is 3.07. The molecule has 0 bridgehead atoms. The number of hydrogen-bond donors (Lipinski definition) is 2. The van der Waals surface area contributed by atoms with E-state index in [-0.39, 0.29) is 12.8 Å². The summed E-state index contributed by atoms with van der Waals surface area (Å²) in [4.78, 5) is 24.8. The van der Waals surface area contributed by atoms with Crippen molar-refractivity contribution in [2.75, 3.05) is 0 Å². The second-order valence-corrected chi connectivity index (χ2v) is 15.1. The number of benzene rings is 6. The highest BCUT2D eigenvalue weighted by molar-refractivity contribution is 7.80. The van der Waals surface area contributed by atoms with E-state index in [1.807, 2.05) is 97.1 Å². The SMILES string of the molecule is O=C(O)Cc1cccc(P(c2ccccc2)c2ccccc2)c1-c1c(CC(=O)O)cccc1P(c1ccccc1)c1ccccc1. The van der Waals surface area contributed by atoms with Gasteiger partial charge in [-0.1, -0.05) is 158 Å². The Morgan fingerprint density at radius 2 is 0.674 bits per heavy atom. The lowest BCUT2D eigenvalue weighted by atomic mass is 9.92. The minimum atomic E-state index is -1.14. The molecule has 46 heavy (non-hydrogen) atoms. The molecule has 0 aliphatic carbocycles. The topological polar surface area (TPSA) is 74.6 Å². The monoisotopic (exact) mass is 638 g/mol. The summed E-state index contributed by atoms with van der Waals surface area (Å²) in [7, 11) is -2.28. The van der Waals surface area contributed by atoms with Gasteiger partial charge in [0.15, 0.2) is 0 Å². The summed E-state index contributed by atoms with van der Waals surface area (Å²) >= 11 is 0. The fourth-order valence-corrected chi connectivity index (χ4v) is 10.9. The lowest BCUT2D eigenvalue weighted by Gasteiger charge is -2.29. The van der Waals surface area contributed by atoms with Gasteiger partial charge in [-0.25, -0.2) is 0 Å². The predicted octanol–water partition coefficient (Wildman–Crippen LogP) is 6.12. The molecule has 4 nitrogen and oxygen atoms in total. The summed E-state index contributed by atoms with van der Waals surface area (Å²) in [5.41, 5.74) is 2.96. The maximum atomic E-state index is 12.4. The minimum Gasteiger partial charge on any atom is -0.481 e. The van der Waals surface area contributed by atoms with Crippen molar-refractivity contribution >= 4 is 59.6 Å². The first-order valence-electron chi connectivity index (χ1n) is 15.0. The number of carbonyl (C=O) groups is 2. The second kappa shape index (κ2) is 14.5. The molecule has 0 aromatic heterocycles. The maximum Gasteiger partial charge on any atom is 0.307 e. The van der Waals surface area contributed by atoms with E-state index in [4.69, 9.17) is 0 Å². The third-order valence-corrected chi connectivity index (χ3v) is 12.7. The Balaban J connectivity index is 1.74. The van der Waals surface area contributed by atoms with Gasteiger partial charge in [0.2, 0.25) is 0 Å². The molecule has 0 unspecified atom stereocenters. The van der Waals surface area contributed by atoms with Crippen LogP contribution in [0.2, 0.25) is 0 Å². The minimum absolute atomic E-state index is 0.189. The van der Waals surface area contributed by atoms with Crippen LogP contribution in [0.5, 0.6) is 0 Å². The van der Waals surface area contributed by atoms with Crippen molar-refractivity contribution in [2.24, 2.45) is 0 Å². The number of aliphatic carboxylic acids is 2. The molecule has 6 aromatic carbocycles. The van der Waals surface area contributed by atoms with E-state index in [0.29, 0.717) is 11.1 Å². The lowest BCUT2D eigenvalue weighted by molar-refractivity contribution is -0.137. The molecule has 2 N–H and O–H groups in total. The van der Waals surface area contributed by atoms with E-state index < -0.39 is 27.8 Å². The Morgan fingerprint density at radius 3 is 0.935 bits per heavy atom. The summed E-state index contributed by atoms with van der Waals surface area (Å²) in [6.07, 6.45) is -0.378. The van der Waals surface area contributed by atoms with Crippen LogP contribution in [0.15, 0.2) is 158 Å². The van der Waals surface area contributed by atoms with Crippen LogP contribution in [0, 0.1) is 0 Å². The van der Waals surface area contributed by atoms with Gasteiger partial charge in [-0.05, 0) is 69.9 Å². The van der Waals surface area contributed by atoms with Crippen LogP contribution in [0.4, 0.5) is 0 Å². The smallest absolute Gasteiger partial charge is 0.307 e. The molecule has 0 spiro atoms. The Morgan fingerprint density at radius 1 is 0.391 bits per heavy atom. The van der Waals surface area contributed by atoms with E-state index >= 15 is 0 Å². The predicted molar refractivity (Wildman–Crippen MR) is 192 cm³/mol. The summed E-state index contributed by atoms with van der Waals surface area (Å²) in [5, 5.41) is 26.8. The molecule has 226 valence electrons. The van der Waals surface area contributed by atoms with Gasteiger partial charge >= 0.3 is 11.9 Å². The van der Waals surface area contributed by atoms with Crippen LogP contribution < -0.4 is 31.8 Å². The zero-order valence-corrected chi connectivity index (χ0v) is 26.8. The largest absolute Gasteiger partial charge is 0.481 e. The van der Waals surface area contributed by atoms with Crippen LogP contribution in [-0.2, 0) is 22.4 Å². The molecule has 0 atom stereocenters. The fraction of sp³-hybridized carbons (Fsp3) is 0.0500.